The maximum absolute atomic E-state index is 12.9. The molecule has 2 aliphatic heterocycles. The van der Waals surface area contributed by atoms with Crippen molar-refractivity contribution in [3.8, 4) is 0 Å². The molecule has 0 bridgehead atoms. The Hall–Kier alpha value is -2.19. The molecule has 0 spiro atoms. The molecule has 130 valence electrons. The van der Waals surface area contributed by atoms with E-state index in [1.54, 1.807) is 24.3 Å². The molecule has 25 heavy (non-hydrogen) atoms. The van der Waals surface area contributed by atoms with Gasteiger partial charge in [0, 0.05) is 11.1 Å². The summed E-state index contributed by atoms with van der Waals surface area (Å²) in [7, 11) is 0. The van der Waals surface area contributed by atoms with Gasteiger partial charge < -0.3 is 5.11 Å². The molecule has 1 aromatic carbocycles. The summed E-state index contributed by atoms with van der Waals surface area (Å²) in [6.45, 7) is 5.14. The van der Waals surface area contributed by atoms with Crippen LogP contribution in [0.2, 0.25) is 0 Å². The molecule has 0 aliphatic carbocycles. The SMILES string of the molecule is CC(C)(C)N1C(=O)/C(=C2/C(=O)N(CC(=O)O)c3ccccc32)SC1=S. The maximum atomic E-state index is 12.9. The lowest BCUT2D eigenvalue weighted by atomic mass is 10.0. The summed E-state index contributed by atoms with van der Waals surface area (Å²) >= 11 is 6.42. The Morgan fingerprint density at radius 3 is 2.40 bits per heavy atom. The fourth-order valence-electron chi connectivity index (χ4n) is 2.89. The monoisotopic (exact) mass is 376 g/mol. The van der Waals surface area contributed by atoms with Crippen LogP contribution in [0.4, 0.5) is 5.69 Å². The molecule has 0 atom stereocenters. The number of amides is 2. The first-order valence-corrected chi connectivity index (χ1v) is 8.79. The van der Waals surface area contributed by atoms with Crippen molar-refractivity contribution in [3.63, 3.8) is 0 Å². The lowest BCUT2D eigenvalue weighted by Crippen LogP contribution is -2.44. The second-order valence-corrected chi connectivity index (χ2v) is 8.33. The van der Waals surface area contributed by atoms with Gasteiger partial charge in [0.15, 0.2) is 0 Å². The zero-order chi connectivity index (χ0) is 18.5. The van der Waals surface area contributed by atoms with Crippen molar-refractivity contribution in [3.05, 3.63) is 34.7 Å². The third-order valence-corrected chi connectivity index (χ3v) is 5.26. The van der Waals surface area contributed by atoms with Crippen LogP contribution in [-0.2, 0) is 14.4 Å². The van der Waals surface area contributed by atoms with E-state index in [1.807, 2.05) is 20.8 Å². The number of carboxylic acids is 1. The molecule has 0 aromatic heterocycles. The van der Waals surface area contributed by atoms with E-state index in [2.05, 4.69) is 0 Å². The largest absolute Gasteiger partial charge is 0.480 e. The third-order valence-electron chi connectivity index (χ3n) is 3.88. The van der Waals surface area contributed by atoms with Crippen molar-refractivity contribution in [1.82, 2.24) is 4.90 Å². The minimum Gasteiger partial charge on any atom is -0.480 e. The summed E-state index contributed by atoms with van der Waals surface area (Å²) in [5, 5.41) is 9.10. The molecule has 0 radical (unpaired) electrons. The van der Waals surface area contributed by atoms with E-state index < -0.39 is 24.0 Å². The molecule has 0 saturated carbocycles. The number of para-hydroxylation sites is 1. The number of carbonyl (C=O) groups is 3. The zero-order valence-corrected chi connectivity index (χ0v) is 15.5. The first kappa shape index (κ1) is 17.6. The van der Waals surface area contributed by atoms with Crippen LogP contribution < -0.4 is 4.90 Å². The van der Waals surface area contributed by atoms with Gasteiger partial charge in [-0.25, -0.2) is 0 Å². The molecule has 2 aliphatic rings. The maximum Gasteiger partial charge on any atom is 0.323 e. The molecule has 1 N–H and O–H groups in total. The van der Waals surface area contributed by atoms with Gasteiger partial charge in [0.2, 0.25) is 0 Å². The highest BCUT2D eigenvalue weighted by Crippen LogP contribution is 2.45. The average molecular weight is 376 g/mol. The molecule has 3 rings (SSSR count). The van der Waals surface area contributed by atoms with Crippen molar-refractivity contribution in [2.24, 2.45) is 0 Å². The highest BCUT2D eigenvalue weighted by molar-refractivity contribution is 8.26. The summed E-state index contributed by atoms with van der Waals surface area (Å²) in [4.78, 5) is 39.8. The zero-order valence-electron chi connectivity index (χ0n) is 13.9. The predicted molar refractivity (Wildman–Crippen MR) is 100 cm³/mol. The molecular weight excluding hydrogens is 360 g/mol. The number of hydrogen-bond acceptors (Lipinski definition) is 5. The molecule has 2 heterocycles. The van der Waals surface area contributed by atoms with Gasteiger partial charge in [-0.15, -0.1) is 0 Å². The summed E-state index contributed by atoms with van der Waals surface area (Å²) < 4.78 is 0.391. The number of carboxylic acid groups (broad SMARTS) is 1. The highest BCUT2D eigenvalue weighted by Gasteiger charge is 2.45. The number of aliphatic carboxylic acids is 1. The van der Waals surface area contributed by atoms with Crippen molar-refractivity contribution in [2.75, 3.05) is 11.4 Å². The highest BCUT2D eigenvalue weighted by atomic mass is 32.2. The van der Waals surface area contributed by atoms with E-state index in [1.165, 1.54) is 9.80 Å². The summed E-state index contributed by atoms with van der Waals surface area (Å²) in [6.07, 6.45) is 0. The number of anilines is 1. The quantitative estimate of drug-likeness (QED) is 0.631. The standard InChI is InChI=1S/C17H16N2O4S2/c1-17(2,3)19-15(23)13(25-16(19)24)12-9-6-4-5-7-10(9)18(14(12)22)8-11(20)21/h4-7H,8H2,1-3H3,(H,20,21)/b13-12-. The van der Waals surface area contributed by atoms with Gasteiger partial charge in [-0.3, -0.25) is 24.2 Å². The number of carbonyl (C=O) groups excluding carboxylic acids is 2. The fraction of sp³-hybridized carbons (Fsp3) is 0.294. The Morgan fingerprint density at radius 2 is 1.84 bits per heavy atom. The van der Waals surface area contributed by atoms with Gasteiger partial charge in [0.1, 0.15) is 10.9 Å². The van der Waals surface area contributed by atoms with Crippen LogP contribution in [0.15, 0.2) is 29.2 Å². The summed E-state index contributed by atoms with van der Waals surface area (Å²) in [6, 6.07) is 6.87. The Kier molecular flexibility index (Phi) is 4.20. The van der Waals surface area contributed by atoms with Crippen LogP contribution in [0.5, 0.6) is 0 Å². The van der Waals surface area contributed by atoms with Crippen LogP contribution >= 0.6 is 24.0 Å². The minimum absolute atomic E-state index is 0.223. The summed E-state index contributed by atoms with van der Waals surface area (Å²) in [5.74, 6) is -1.93. The van der Waals surface area contributed by atoms with E-state index in [9.17, 15) is 14.4 Å². The number of fused-ring (bicyclic) bond motifs is 1. The number of nitrogens with zero attached hydrogens (tertiary/aromatic N) is 2. The van der Waals surface area contributed by atoms with Gasteiger partial charge >= 0.3 is 5.97 Å². The molecule has 6 nitrogen and oxygen atoms in total. The van der Waals surface area contributed by atoms with Gasteiger partial charge in [0.25, 0.3) is 11.8 Å². The second kappa shape index (κ2) is 5.96. The van der Waals surface area contributed by atoms with Crippen molar-refractivity contribution >= 4 is 57.3 Å². The first-order valence-electron chi connectivity index (χ1n) is 7.56. The van der Waals surface area contributed by atoms with Crippen LogP contribution in [0.1, 0.15) is 26.3 Å². The van der Waals surface area contributed by atoms with Crippen LogP contribution in [0.3, 0.4) is 0 Å². The Morgan fingerprint density at radius 1 is 1.20 bits per heavy atom. The molecule has 8 heteroatoms. The van der Waals surface area contributed by atoms with Gasteiger partial charge in [-0.2, -0.15) is 0 Å². The number of hydrogen-bond donors (Lipinski definition) is 1. The van der Waals surface area contributed by atoms with Crippen molar-refractivity contribution in [2.45, 2.75) is 26.3 Å². The molecule has 2 amide bonds. The van der Waals surface area contributed by atoms with E-state index in [-0.39, 0.29) is 16.4 Å². The molecule has 1 saturated heterocycles. The molecular formula is C17H16N2O4S2. The van der Waals surface area contributed by atoms with Crippen molar-refractivity contribution in [1.29, 1.82) is 0 Å². The van der Waals surface area contributed by atoms with Crippen LogP contribution in [0, 0.1) is 0 Å². The predicted octanol–water partition coefficient (Wildman–Crippen LogP) is 2.49. The molecule has 1 fully saturated rings. The van der Waals surface area contributed by atoms with Crippen molar-refractivity contribution < 1.29 is 19.5 Å². The Balaban J connectivity index is 2.16. The number of thiocarbonyl (C=S) groups is 1. The smallest absolute Gasteiger partial charge is 0.323 e. The minimum atomic E-state index is -1.12. The fourth-order valence-corrected chi connectivity index (χ4v) is 4.60. The van der Waals surface area contributed by atoms with Gasteiger partial charge in [-0.1, -0.05) is 42.2 Å². The topological polar surface area (TPSA) is 77.9 Å². The Bertz CT molecular complexity index is 854. The molecule has 1 aromatic rings. The number of rotatable bonds is 2. The lowest BCUT2D eigenvalue weighted by Gasteiger charge is -2.30. The van der Waals surface area contributed by atoms with Gasteiger partial charge in [0.05, 0.1) is 16.2 Å². The summed E-state index contributed by atoms with van der Waals surface area (Å²) in [5.41, 5.74) is 0.765. The van der Waals surface area contributed by atoms with E-state index in [0.717, 1.165) is 11.8 Å². The van der Waals surface area contributed by atoms with E-state index >= 15 is 0 Å². The normalized spacial score (nSPS) is 20.5. The van der Waals surface area contributed by atoms with Gasteiger partial charge in [-0.05, 0) is 26.8 Å². The molecule has 0 unspecified atom stereocenters. The van der Waals surface area contributed by atoms with Crippen LogP contribution in [0.25, 0.3) is 5.57 Å². The lowest BCUT2D eigenvalue weighted by molar-refractivity contribution is -0.136. The average Bonchev–Trinajstić information content (AvgIpc) is 2.93. The van der Waals surface area contributed by atoms with E-state index in [0.29, 0.717) is 15.6 Å². The van der Waals surface area contributed by atoms with Crippen LogP contribution in [-0.4, -0.2) is 44.2 Å². The number of thioether (sulfide) groups is 1. The number of benzene rings is 1. The Labute approximate surface area is 154 Å². The van der Waals surface area contributed by atoms with E-state index in [4.69, 9.17) is 17.3 Å². The third kappa shape index (κ3) is 2.85. The second-order valence-electron chi connectivity index (χ2n) is 6.69. The first-order chi connectivity index (χ1) is 11.6.